The molecular formula is C20H27N5O3. The number of aryl methyl sites for hydroxylation is 2. The van der Waals surface area contributed by atoms with Gasteiger partial charge < -0.3 is 15.0 Å². The van der Waals surface area contributed by atoms with E-state index in [2.05, 4.69) is 10.4 Å². The van der Waals surface area contributed by atoms with Crippen LogP contribution in [-0.4, -0.2) is 70.9 Å². The number of carbonyl (C=O) groups excluding carboxylic acids is 2. The lowest BCUT2D eigenvalue weighted by Gasteiger charge is -2.33. The monoisotopic (exact) mass is 385 g/mol. The summed E-state index contributed by atoms with van der Waals surface area (Å²) < 4.78 is 6.76. The maximum Gasteiger partial charge on any atom is 0.409 e. The van der Waals surface area contributed by atoms with Gasteiger partial charge in [0.05, 0.1) is 24.5 Å². The maximum absolute atomic E-state index is 12.5. The Morgan fingerprint density at radius 2 is 1.79 bits per heavy atom. The van der Waals surface area contributed by atoms with Gasteiger partial charge >= 0.3 is 6.09 Å². The van der Waals surface area contributed by atoms with Gasteiger partial charge in [-0.05, 0) is 32.9 Å². The molecule has 2 amide bonds. The lowest BCUT2D eigenvalue weighted by molar-refractivity contribution is -0.117. The molecule has 8 heteroatoms. The highest BCUT2D eigenvalue weighted by Crippen LogP contribution is 2.18. The molecule has 1 aromatic carbocycles. The molecule has 0 saturated carbocycles. The quantitative estimate of drug-likeness (QED) is 0.854. The number of rotatable bonds is 5. The molecular weight excluding hydrogens is 358 g/mol. The van der Waals surface area contributed by atoms with Gasteiger partial charge in [0.15, 0.2) is 0 Å². The highest BCUT2D eigenvalue weighted by atomic mass is 16.6. The Labute approximate surface area is 165 Å². The Morgan fingerprint density at radius 1 is 1.11 bits per heavy atom. The van der Waals surface area contributed by atoms with Gasteiger partial charge in [0.2, 0.25) is 5.91 Å². The average Bonchev–Trinajstić information content (AvgIpc) is 3.03. The van der Waals surface area contributed by atoms with E-state index >= 15 is 0 Å². The van der Waals surface area contributed by atoms with E-state index in [1.165, 1.54) is 5.56 Å². The van der Waals surface area contributed by atoms with Gasteiger partial charge in [0.25, 0.3) is 0 Å². The third-order valence-corrected chi connectivity index (χ3v) is 4.64. The summed E-state index contributed by atoms with van der Waals surface area (Å²) in [6.07, 6.45) is -0.288. The standard InChI is InChI=1S/C20H27N5O3/c1-4-28-20(27)24-11-9-23(10-12-24)14-19(26)21-18-13-16(3)22-25(18)17-7-5-15(2)6-8-17/h5-8,13H,4,9-12,14H2,1-3H3,(H,21,26). The molecule has 1 aliphatic rings. The van der Waals surface area contributed by atoms with Crippen molar-refractivity contribution >= 4 is 17.8 Å². The molecule has 2 heterocycles. The lowest BCUT2D eigenvalue weighted by Crippen LogP contribution is -2.50. The van der Waals surface area contributed by atoms with Gasteiger partial charge in [0, 0.05) is 32.2 Å². The zero-order chi connectivity index (χ0) is 20.1. The second-order valence-electron chi connectivity index (χ2n) is 6.93. The fourth-order valence-corrected chi connectivity index (χ4v) is 3.16. The van der Waals surface area contributed by atoms with E-state index in [0.717, 1.165) is 11.4 Å². The molecule has 1 aliphatic heterocycles. The molecule has 0 spiro atoms. The van der Waals surface area contributed by atoms with Gasteiger partial charge in [-0.2, -0.15) is 5.10 Å². The predicted molar refractivity (Wildman–Crippen MR) is 107 cm³/mol. The molecule has 0 radical (unpaired) electrons. The molecule has 2 aromatic rings. The average molecular weight is 385 g/mol. The van der Waals surface area contributed by atoms with Gasteiger partial charge in [-0.15, -0.1) is 0 Å². The van der Waals surface area contributed by atoms with Crippen molar-refractivity contribution in [3.63, 3.8) is 0 Å². The summed E-state index contributed by atoms with van der Waals surface area (Å²) in [6.45, 7) is 8.77. The van der Waals surface area contributed by atoms with Crippen molar-refractivity contribution in [3.05, 3.63) is 41.6 Å². The van der Waals surface area contributed by atoms with Crippen LogP contribution in [0, 0.1) is 13.8 Å². The van der Waals surface area contributed by atoms with Crippen molar-refractivity contribution in [3.8, 4) is 5.69 Å². The van der Waals surface area contributed by atoms with E-state index in [1.807, 2.05) is 49.1 Å². The first-order chi connectivity index (χ1) is 13.5. The van der Waals surface area contributed by atoms with E-state index in [1.54, 1.807) is 16.5 Å². The van der Waals surface area contributed by atoms with Gasteiger partial charge in [-0.1, -0.05) is 17.7 Å². The highest BCUT2D eigenvalue weighted by Gasteiger charge is 2.23. The summed E-state index contributed by atoms with van der Waals surface area (Å²) in [5.41, 5.74) is 2.90. The van der Waals surface area contributed by atoms with Crippen LogP contribution < -0.4 is 5.32 Å². The fourth-order valence-electron chi connectivity index (χ4n) is 3.16. The molecule has 1 saturated heterocycles. The van der Waals surface area contributed by atoms with Crippen molar-refractivity contribution in [2.24, 2.45) is 0 Å². The number of hydrogen-bond acceptors (Lipinski definition) is 5. The molecule has 1 fully saturated rings. The summed E-state index contributed by atoms with van der Waals surface area (Å²) in [6, 6.07) is 9.84. The number of amides is 2. The van der Waals surface area contributed by atoms with Crippen LogP contribution in [0.5, 0.6) is 0 Å². The Bertz CT molecular complexity index is 823. The van der Waals surface area contributed by atoms with Crippen LogP contribution in [0.3, 0.4) is 0 Å². The summed E-state index contributed by atoms with van der Waals surface area (Å²) >= 11 is 0. The highest BCUT2D eigenvalue weighted by molar-refractivity contribution is 5.91. The van der Waals surface area contributed by atoms with Crippen LogP contribution in [0.25, 0.3) is 5.69 Å². The van der Waals surface area contributed by atoms with Gasteiger partial charge in [-0.3, -0.25) is 9.69 Å². The third kappa shape index (κ3) is 4.89. The predicted octanol–water partition coefficient (Wildman–Crippen LogP) is 2.20. The summed E-state index contributed by atoms with van der Waals surface area (Å²) in [7, 11) is 0. The Hall–Kier alpha value is -2.87. The van der Waals surface area contributed by atoms with E-state index in [-0.39, 0.29) is 18.5 Å². The first-order valence-electron chi connectivity index (χ1n) is 9.54. The molecule has 0 unspecified atom stereocenters. The molecule has 1 aromatic heterocycles. The van der Waals surface area contributed by atoms with Gasteiger partial charge in [-0.25, -0.2) is 9.48 Å². The van der Waals surface area contributed by atoms with Crippen LogP contribution in [0.4, 0.5) is 10.6 Å². The van der Waals surface area contributed by atoms with Crippen molar-refractivity contribution in [2.75, 3.05) is 44.6 Å². The molecule has 0 bridgehead atoms. The Balaban J connectivity index is 1.57. The van der Waals surface area contributed by atoms with Crippen LogP contribution in [0.15, 0.2) is 30.3 Å². The number of aromatic nitrogens is 2. The largest absolute Gasteiger partial charge is 0.450 e. The second kappa shape index (κ2) is 8.88. The number of piperazine rings is 1. The summed E-state index contributed by atoms with van der Waals surface area (Å²) in [5, 5.41) is 7.45. The normalized spacial score (nSPS) is 14.8. The van der Waals surface area contributed by atoms with Gasteiger partial charge in [0.1, 0.15) is 5.82 Å². The van der Waals surface area contributed by atoms with Crippen LogP contribution in [-0.2, 0) is 9.53 Å². The third-order valence-electron chi connectivity index (χ3n) is 4.64. The molecule has 0 atom stereocenters. The molecule has 0 aliphatic carbocycles. The minimum Gasteiger partial charge on any atom is -0.450 e. The minimum atomic E-state index is -0.288. The SMILES string of the molecule is CCOC(=O)N1CCN(CC(=O)Nc2cc(C)nn2-c2ccc(C)cc2)CC1. The molecule has 150 valence electrons. The number of anilines is 1. The minimum absolute atomic E-state index is 0.0992. The number of hydrogen-bond donors (Lipinski definition) is 1. The van der Waals surface area contributed by atoms with E-state index in [9.17, 15) is 9.59 Å². The fraction of sp³-hybridized carbons (Fsp3) is 0.450. The molecule has 1 N–H and O–H groups in total. The zero-order valence-corrected chi connectivity index (χ0v) is 16.6. The number of benzene rings is 1. The number of carbonyl (C=O) groups is 2. The summed E-state index contributed by atoms with van der Waals surface area (Å²) in [5.74, 6) is 0.550. The van der Waals surface area contributed by atoms with E-state index in [4.69, 9.17) is 4.74 Å². The zero-order valence-electron chi connectivity index (χ0n) is 16.6. The number of nitrogens with zero attached hydrogens (tertiary/aromatic N) is 4. The van der Waals surface area contributed by atoms with Crippen molar-refractivity contribution in [1.82, 2.24) is 19.6 Å². The summed E-state index contributed by atoms with van der Waals surface area (Å²) in [4.78, 5) is 28.0. The molecule has 3 rings (SSSR count). The molecule has 28 heavy (non-hydrogen) atoms. The van der Waals surface area contributed by atoms with Crippen LogP contribution >= 0.6 is 0 Å². The smallest absolute Gasteiger partial charge is 0.409 e. The van der Waals surface area contributed by atoms with Crippen LogP contribution in [0.2, 0.25) is 0 Å². The van der Waals surface area contributed by atoms with E-state index in [0.29, 0.717) is 38.6 Å². The maximum atomic E-state index is 12.5. The lowest BCUT2D eigenvalue weighted by atomic mass is 10.2. The van der Waals surface area contributed by atoms with E-state index < -0.39 is 0 Å². The second-order valence-corrected chi connectivity index (χ2v) is 6.93. The Morgan fingerprint density at radius 3 is 2.43 bits per heavy atom. The first kappa shape index (κ1) is 19.9. The Kier molecular flexibility index (Phi) is 6.30. The number of ether oxygens (including phenoxy) is 1. The van der Waals surface area contributed by atoms with Crippen molar-refractivity contribution in [2.45, 2.75) is 20.8 Å². The van der Waals surface area contributed by atoms with Crippen LogP contribution in [0.1, 0.15) is 18.2 Å². The molecule has 8 nitrogen and oxygen atoms in total. The van der Waals surface area contributed by atoms with Crippen molar-refractivity contribution in [1.29, 1.82) is 0 Å². The number of nitrogens with one attached hydrogen (secondary N) is 1. The topological polar surface area (TPSA) is 79.7 Å². The first-order valence-corrected chi connectivity index (χ1v) is 9.54. The van der Waals surface area contributed by atoms with Crippen molar-refractivity contribution < 1.29 is 14.3 Å².